The van der Waals surface area contributed by atoms with E-state index in [9.17, 15) is 0 Å². The molecular weight excluding hydrogens is 492 g/mol. The minimum atomic E-state index is -0.686. The van der Waals surface area contributed by atoms with Crippen molar-refractivity contribution in [2.45, 2.75) is 86.3 Å². The molecule has 10 nitrogen and oxygen atoms in total. The predicted molar refractivity (Wildman–Crippen MR) is 135 cm³/mol. The van der Waals surface area contributed by atoms with Gasteiger partial charge >= 0.3 is 0 Å². The zero-order chi connectivity index (χ0) is 26.9. The first-order valence-electron chi connectivity index (χ1n) is 13.1. The highest BCUT2D eigenvalue weighted by atomic mass is 16.7. The highest BCUT2D eigenvalue weighted by Crippen LogP contribution is 2.36. The average Bonchev–Trinajstić information content (AvgIpc) is 3.20. The molecule has 2 aromatic heterocycles. The minimum Gasteiger partial charge on any atom is -0.490 e. The van der Waals surface area contributed by atoms with Gasteiger partial charge in [0.1, 0.15) is 24.7 Å². The molecule has 208 valence electrons. The quantitative estimate of drug-likeness (QED) is 0.543. The number of ether oxygens (including phenoxy) is 8. The lowest BCUT2D eigenvalue weighted by molar-refractivity contribution is -0.292. The Morgan fingerprint density at radius 2 is 1.16 bits per heavy atom. The van der Waals surface area contributed by atoms with Gasteiger partial charge in [-0.2, -0.15) is 0 Å². The standard InChI is InChI=1S/C28H38N2O8/c1-17-25(23-11-33-19(3)31-9-21(23)7-29-17)35-13-28(15-37-27(5,6)38-16-28)14-36-26-18(2)30-8-22-10-32-20(4)34-12-24(22)26/h7-8,19-20H,9-16H2,1-6H3. The molecule has 0 aromatic carbocycles. The number of aryl methyl sites for hydroxylation is 2. The van der Waals surface area contributed by atoms with Gasteiger partial charge in [0.2, 0.25) is 0 Å². The van der Waals surface area contributed by atoms with Crippen molar-refractivity contribution in [3.8, 4) is 11.5 Å². The van der Waals surface area contributed by atoms with Crippen molar-refractivity contribution < 1.29 is 37.9 Å². The summed E-state index contributed by atoms with van der Waals surface area (Å²) in [7, 11) is 0. The van der Waals surface area contributed by atoms with Crippen molar-refractivity contribution in [3.05, 3.63) is 46.0 Å². The summed E-state index contributed by atoms with van der Waals surface area (Å²) >= 11 is 0. The van der Waals surface area contributed by atoms with Gasteiger partial charge in [-0.25, -0.2) is 0 Å². The largest absolute Gasteiger partial charge is 0.490 e. The van der Waals surface area contributed by atoms with Crippen LogP contribution in [0.3, 0.4) is 0 Å². The van der Waals surface area contributed by atoms with Crippen LogP contribution in [0.4, 0.5) is 0 Å². The van der Waals surface area contributed by atoms with E-state index in [1.165, 1.54) is 0 Å². The van der Waals surface area contributed by atoms with Crippen LogP contribution in [0.2, 0.25) is 0 Å². The highest BCUT2D eigenvalue weighted by molar-refractivity contribution is 5.43. The Hall–Kier alpha value is -2.34. The maximum atomic E-state index is 6.50. The third-order valence-electron chi connectivity index (χ3n) is 7.18. The van der Waals surface area contributed by atoms with Crippen molar-refractivity contribution in [3.63, 3.8) is 0 Å². The van der Waals surface area contributed by atoms with Crippen molar-refractivity contribution in [2.75, 3.05) is 26.4 Å². The number of pyridine rings is 2. The molecule has 5 rings (SSSR count). The Kier molecular flexibility index (Phi) is 7.91. The van der Waals surface area contributed by atoms with Gasteiger partial charge in [-0.05, 0) is 41.5 Å². The average molecular weight is 531 g/mol. The lowest BCUT2D eigenvalue weighted by Gasteiger charge is -2.43. The second kappa shape index (κ2) is 11.0. The van der Waals surface area contributed by atoms with Gasteiger partial charge in [-0.15, -0.1) is 0 Å². The predicted octanol–water partition coefficient (Wildman–Crippen LogP) is 4.11. The summed E-state index contributed by atoms with van der Waals surface area (Å²) in [5.41, 5.74) is 4.83. The van der Waals surface area contributed by atoms with E-state index in [0.717, 1.165) is 33.6 Å². The first-order valence-corrected chi connectivity index (χ1v) is 13.1. The van der Waals surface area contributed by atoms with Crippen molar-refractivity contribution in [1.82, 2.24) is 9.97 Å². The third kappa shape index (κ3) is 5.95. The number of aromatic nitrogens is 2. The van der Waals surface area contributed by atoms with Crippen LogP contribution in [-0.2, 0) is 54.8 Å². The first kappa shape index (κ1) is 27.2. The van der Waals surface area contributed by atoms with Crippen LogP contribution < -0.4 is 9.47 Å². The molecule has 2 unspecified atom stereocenters. The number of nitrogens with zero attached hydrogens (tertiary/aromatic N) is 2. The molecule has 0 N–H and O–H groups in total. The summed E-state index contributed by atoms with van der Waals surface area (Å²) in [4.78, 5) is 9.10. The van der Waals surface area contributed by atoms with Gasteiger partial charge in [-0.1, -0.05) is 0 Å². The van der Waals surface area contributed by atoms with Crippen LogP contribution in [0.5, 0.6) is 11.5 Å². The molecule has 5 heterocycles. The van der Waals surface area contributed by atoms with Gasteiger partial charge in [-0.3, -0.25) is 9.97 Å². The summed E-state index contributed by atoms with van der Waals surface area (Å²) in [5, 5.41) is 0. The third-order valence-corrected chi connectivity index (χ3v) is 7.18. The monoisotopic (exact) mass is 530 g/mol. The van der Waals surface area contributed by atoms with Gasteiger partial charge < -0.3 is 37.9 Å². The summed E-state index contributed by atoms with van der Waals surface area (Å²) in [6, 6.07) is 0. The van der Waals surface area contributed by atoms with Gasteiger partial charge in [0.15, 0.2) is 18.4 Å². The molecular formula is C28H38N2O8. The van der Waals surface area contributed by atoms with Crippen LogP contribution in [0.25, 0.3) is 0 Å². The Balaban J connectivity index is 1.39. The molecule has 3 aliphatic heterocycles. The molecule has 0 amide bonds. The molecule has 10 heteroatoms. The van der Waals surface area contributed by atoms with E-state index < -0.39 is 11.2 Å². The zero-order valence-corrected chi connectivity index (χ0v) is 23.1. The minimum absolute atomic E-state index is 0.298. The SMILES string of the molecule is Cc1ncc2c(c1OCC1(COc3c(C)ncc4c3COC(C)OC4)COC(C)(C)OC1)COC(C)OC2. The summed E-state index contributed by atoms with van der Waals surface area (Å²) < 4.78 is 48.3. The van der Waals surface area contributed by atoms with Crippen molar-refractivity contribution in [1.29, 1.82) is 0 Å². The second-order valence-electron chi connectivity index (χ2n) is 10.8. The topological polar surface area (TPSA) is 99.6 Å². The highest BCUT2D eigenvalue weighted by Gasteiger charge is 2.42. The fourth-order valence-corrected chi connectivity index (χ4v) is 4.61. The summed E-state index contributed by atoms with van der Waals surface area (Å²) in [6.07, 6.45) is 3.06. The Bertz CT molecular complexity index is 1070. The van der Waals surface area contributed by atoms with Crippen LogP contribution >= 0.6 is 0 Å². The van der Waals surface area contributed by atoms with E-state index in [2.05, 4.69) is 9.97 Å². The first-order chi connectivity index (χ1) is 18.1. The number of fused-ring (bicyclic) bond motifs is 2. The van der Waals surface area contributed by atoms with E-state index in [1.54, 1.807) is 0 Å². The number of hydrogen-bond donors (Lipinski definition) is 0. The van der Waals surface area contributed by atoms with Gasteiger partial charge in [0.25, 0.3) is 0 Å². The normalized spacial score (nSPS) is 24.5. The molecule has 1 fully saturated rings. The van der Waals surface area contributed by atoms with E-state index in [-0.39, 0.29) is 12.6 Å². The van der Waals surface area contributed by atoms with Gasteiger partial charge in [0, 0.05) is 34.6 Å². The van der Waals surface area contributed by atoms with E-state index in [4.69, 9.17) is 37.9 Å². The van der Waals surface area contributed by atoms with Crippen molar-refractivity contribution >= 4 is 0 Å². The molecule has 0 saturated carbocycles. The Morgan fingerprint density at radius 3 is 1.61 bits per heavy atom. The molecule has 0 radical (unpaired) electrons. The Morgan fingerprint density at radius 1 is 0.737 bits per heavy atom. The molecule has 3 aliphatic rings. The second-order valence-corrected chi connectivity index (χ2v) is 10.8. The van der Waals surface area contributed by atoms with Crippen LogP contribution in [0.15, 0.2) is 12.4 Å². The molecule has 2 atom stereocenters. The molecule has 2 aromatic rings. The fourth-order valence-electron chi connectivity index (χ4n) is 4.61. The van der Waals surface area contributed by atoms with Gasteiger partial charge in [0.05, 0.1) is 56.4 Å². The zero-order valence-electron chi connectivity index (χ0n) is 23.1. The van der Waals surface area contributed by atoms with Crippen LogP contribution in [0, 0.1) is 19.3 Å². The lowest BCUT2D eigenvalue weighted by atomic mass is 9.90. The van der Waals surface area contributed by atoms with E-state index >= 15 is 0 Å². The maximum Gasteiger partial charge on any atom is 0.162 e. The number of rotatable bonds is 6. The lowest BCUT2D eigenvalue weighted by Crippen LogP contribution is -2.52. The Labute approximate surface area is 223 Å². The fraction of sp³-hybridized carbons (Fsp3) is 0.643. The molecule has 38 heavy (non-hydrogen) atoms. The van der Waals surface area contributed by atoms with Crippen LogP contribution in [0.1, 0.15) is 61.3 Å². The maximum absolute atomic E-state index is 6.50. The molecule has 1 saturated heterocycles. The molecule has 0 bridgehead atoms. The molecule has 0 aliphatic carbocycles. The molecule has 0 spiro atoms. The number of hydrogen-bond acceptors (Lipinski definition) is 10. The smallest absolute Gasteiger partial charge is 0.162 e. The summed E-state index contributed by atoms with van der Waals surface area (Å²) in [6.45, 7) is 14.5. The van der Waals surface area contributed by atoms with E-state index in [1.807, 2.05) is 53.9 Å². The summed E-state index contributed by atoms with van der Waals surface area (Å²) in [5.74, 6) is 0.722. The van der Waals surface area contributed by atoms with Crippen LogP contribution in [-0.4, -0.2) is 54.8 Å². The van der Waals surface area contributed by atoms with Crippen molar-refractivity contribution in [2.24, 2.45) is 5.41 Å². The van der Waals surface area contributed by atoms with E-state index in [0.29, 0.717) is 64.4 Å².